The summed E-state index contributed by atoms with van der Waals surface area (Å²) >= 11 is 0. The van der Waals surface area contributed by atoms with E-state index in [1.54, 1.807) is 24.5 Å². The lowest BCUT2D eigenvalue weighted by Gasteiger charge is -2.43. The number of hydrogen-bond acceptors (Lipinski definition) is 9. The molecule has 0 unspecified atom stereocenters. The van der Waals surface area contributed by atoms with Crippen molar-refractivity contribution in [3.63, 3.8) is 0 Å². The number of aromatic nitrogens is 3. The number of nitrogens with one attached hydrogen (secondary N) is 1. The second kappa shape index (κ2) is 13.9. The first-order valence-electron chi connectivity index (χ1n) is 15.3. The highest BCUT2D eigenvalue weighted by Gasteiger charge is 2.40. The number of likely N-dealkylation sites (tertiary alicyclic amines) is 1. The molecule has 46 heavy (non-hydrogen) atoms. The van der Waals surface area contributed by atoms with E-state index in [0.29, 0.717) is 42.3 Å². The Labute approximate surface area is 265 Å². The molecule has 1 N–H and O–H groups in total. The summed E-state index contributed by atoms with van der Waals surface area (Å²) in [6, 6.07) is 7.38. The molecule has 3 aromatic heterocycles. The second-order valence-corrected chi connectivity index (χ2v) is 11.4. The highest BCUT2D eigenvalue weighted by molar-refractivity contribution is 6.00. The number of hydrogen-bond donors (Lipinski definition) is 1. The number of halogens is 3. The Kier molecular flexibility index (Phi) is 9.94. The summed E-state index contributed by atoms with van der Waals surface area (Å²) in [6.07, 6.45) is -0.198. The maximum atomic E-state index is 13.9. The number of likely N-dealkylation sites (N-methyl/N-ethyl adjacent to an activating group) is 1. The Balaban J connectivity index is 1.50. The fourth-order valence-corrected chi connectivity index (χ4v) is 5.97. The van der Waals surface area contributed by atoms with Gasteiger partial charge in [0.15, 0.2) is 11.4 Å². The van der Waals surface area contributed by atoms with Crippen LogP contribution in [-0.2, 0) is 6.18 Å². The van der Waals surface area contributed by atoms with Gasteiger partial charge in [-0.2, -0.15) is 13.2 Å². The van der Waals surface area contributed by atoms with Crippen molar-refractivity contribution in [2.24, 2.45) is 0 Å². The number of anilines is 1. The number of methoxy groups -OCH3 is 1. The molecule has 5 rings (SSSR count). The summed E-state index contributed by atoms with van der Waals surface area (Å²) < 4.78 is 52.6. The minimum atomic E-state index is -4.85. The summed E-state index contributed by atoms with van der Waals surface area (Å²) in [6.45, 7) is 6.20. The standard InChI is InChI=1S/C32H38F3N7O4/c1-5-22-19-41(31(44)23-9-10-26(45-4)38-29(23)32(33,34)35)14-15-42(22)24-16-25(46-6-2)27(20-8-7-12-36-17-20)39-28(24)30(43)37-21-11-13-40(3)18-21/h7-10,12,16-17,21-22H,5-6,11,13-15,18-19H2,1-4H3,(H,37,43)/t21-,22-/m1/s1. The molecule has 0 aromatic carbocycles. The monoisotopic (exact) mass is 641 g/mol. The van der Waals surface area contributed by atoms with Crippen LogP contribution in [0.3, 0.4) is 0 Å². The highest BCUT2D eigenvalue weighted by atomic mass is 19.4. The van der Waals surface area contributed by atoms with Crippen LogP contribution in [0.4, 0.5) is 18.9 Å². The summed E-state index contributed by atoms with van der Waals surface area (Å²) in [5.74, 6) is -0.877. The fourth-order valence-electron chi connectivity index (χ4n) is 5.97. The Hall–Kier alpha value is -4.46. The number of nitrogens with zero attached hydrogens (tertiary/aromatic N) is 6. The number of carbonyl (C=O) groups excluding carboxylic acids is 2. The van der Waals surface area contributed by atoms with Crippen molar-refractivity contribution in [1.29, 1.82) is 0 Å². The molecule has 2 amide bonds. The average molecular weight is 642 g/mol. The Bertz CT molecular complexity index is 1560. The second-order valence-electron chi connectivity index (χ2n) is 11.4. The van der Waals surface area contributed by atoms with Gasteiger partial charge in [-0.05, 0) is 51.6 Å². The number of carbonyl (C=O) groups is 2. The third-order valence-corrected chi connectivity index (χ3v) is 8.27. The maximum absolute atomic E-state index is 13.9. The summed E-state index contributed by atoms with van der Waals surface area (Å²) in [5.41, 5.74) is 0.0543. The number of piperazine rings is 1. The van der Waals surface area contributed by atoms with Gasteiger partial charge in [0.25, 0.3) is 11.8 Å². The van der Waals surface area contributed by atoms with Crippen molar-refractivity contribution in [1.82, 2.24) is 30.1 Å². The molecule has 0 aliphatic carbocycles. The van der Waals surface area contributed by atoms with Gasteiger partial charge in [-0.1, -0.05) is 6.92 Å². The van der Waals surface area contributed by atoms with Crippen LogP contribution in [0.1, 0.15) is 53.2 Å². The van der Waals surface area contributed by atoms with E-state index >= 15 is 0 Å². The molecular formula is C32H38F3N7O4. The SMILES string of the molecule is CCOc1cc(N2CCN(C(=O)c3ccc(OC)nc3C(F)(F)F)C[C@H]2CC)c(C(=O)N[C@@H]2CCN(C)C2)nc1-c1cccnc1. The molecule has 0 bridgehead atoms. The predicted octanol–water partition coefficient (Wildman–Crippen LogP) is 4.14. The molecule has 5 heterocycles. The highest BCUT2D eigenvalue weighted by Crippen LogP contribution is 2.37. The van der Waals surface area contributed by atoms with Crippen LogP contribution < -0.4 is 19.7 Å². The lowest BCUT2D eigenvalue weighted by atomic mass is 10.0. The van der Waals surface area contributed by atoms with E-state index in [1.165, 1.54) is 18.1 Å². The van der Waals surface area contributed by atoms with Gasteiger partial charge in [0.05, 0.1) is 25.0 Å². The average Bonchev–Trinajstić information content (AvgIpc) is 3.47. The Morgan fingerprint density at radius 1 is 1.09 bits per heavy atom. The quantitative estimate of drug-likeness (QED) is 0.369. The molecule has 14 heteroatoms. The summed E-state index contributed by atoms with van der Waals surface area (Å²) in [5, 5.41) is 3.13. The Morgan fingerprint density at radius 2 is 1.89 bits per heavy atom. The first kappa shape index (κ1) is 32.9. The fraction of sp³-hybridized carbons (Fsp3) is 0.469. The lowest BCUT2D eigenvalue weighted by Crippen LogP contribution is -2.55. The van der Waals surface area contributed by atoms with Crippen LogP contribution in [0.5, 0.6) is 11.6 Å². The van der Waals surface area contributed by atoms with E-state index < -0.39 is 23.3 Å². The maximum Gasteiger partial charge on any atom is 0.434 e. The molecular weight excluding hydrogens is 603 g/mol. The zero-order valence-corrected chi connectivity index (χ0v) is 26.3. The summed E-state index contributed by atoms with van der Waals surface area (Å²) in [7, 11) is 3.21. The van der Waals surface area contributed by atoms with E-state index in [4.69, 9.17) is 14.5 Å². The number of alkyl halides is 3. The number of rotatable bonds is 9. The lowest BCUT2D eigenvalue weighted by molar-refractivity contribution is -0.141. The number of amides is 2. The van der Waals surface area contributed by atoms with Crippen molar-refractivity contribution in [3.8, 4) is 22.9 Å². The Morgan fingerprint density at radius 3 is 2.52 bits per heavy atom. The van der Waals surface area contributed by atoms with E-state index in [9.17, 15) is 22.8 Å². The van der Waals surface area contributed by atoms with E-state index in [-0.39, 0.29) is 49.2 Å². The van der Waals surface area contributed by atoms with Gasteiger partial charge in [-0.3, -0.25) is 14.6 Å². The number of ether oxygens (including phenoxy) is 2. The van der Waals surface area contributed by atoms with E-state index in [0.717, 1.165) is 19.0 Å². The molecule has 3 aromatic rings. The van der Waals surface area contributed by atoms with Crippen LogP contribution in [0.25, 0.3) is 11.3 Å². The van der Waals surface area contributed by atoms with Gasteiger partial charge in [0.1, 0.15) is 11.4 Å². The normalized spacial score (nSPS) is 18.8. The van der Waals surface area contributed by atoms with Gasteiger partial charge >= 0.3 is 6.18 Å². The minimum Gasteiger partial charge on any atom is -0.492 e. The molecule has 11 nitrogen and oxygen atoms in total. The molecule has 0 radical (unpaired) electrons. The zero-order chi connectivity index (χ0) is 33.0. The first-order valence-corrected chi connectivity index (χ1v) is 15.3. The van der Waals surface area contributed by atoms with Gasteiger partial charge < -0.3 is 29.5 Å². The van der Waals surface area contributed by atoms with Gasteiger partial charge in [-0.25, -0.2) is 9.97 Å². The molecule has 2 atom stereocenters. The topological polar surface area (TPSA) is 113 Å². The van der Waals surface area contributed by atoms with Crippen LogP contribution in [0.2, 0.25) is 0 Å². The van der Waals surface area contributed by atoms with Gasteiger partial charge in [0.2, 0.25) is 5.88 Å². The van der Waals surface area contributed by atoms with E-state index in [2.05, 4.69) is 20.2 Å². The third kappa shape index (κ3) is 7.01. The molecule has 2 aliphatic heterocycles. The van der Waals surface area contributed by atoms with Crippen molar-refractivity contribution in [2.75, 3.05) is 58.4 Å². The van der Waals surface area contributed by atoms with Crippen molar-refractivity contribution >= 4 is 17.5 Å². The first-order chi connectivity index (χ1) is 22.0. The van der Waals surface area contributed by atoms with Crippen molar-refractivity contribution in [3.05, 3.63) is 59.7 Å². The molecule has 2 saturated heterocycles. The molecule has 0 spiro atoms. The van der Waals surface area contributed by atoms with Gasteiger partial charge in [0, 0.05) is 68.4 Å². The third-order valence-electron chi connectivity index (χ3n) is 8.27. The zero-order valence-electron chi connectivity index (χ0n) is 26.3. The molecule has 2 fully saturated rings. The van der Waals surface area contributed by atoms with Crippen molar-refractivity contribution < 1.29 is 32.2 Å². The molecule has 0 saturated carbocycles. The van der Waals surface area contributed by atoms with Crippen LogP contribution in [0, 0.1) is 0 Å². The smallest absolute Gasteiger partial charge is 0.434 e. The van der Waals surface area contributed by atoms with Crippen LogP contribution in [-0.4, -0.2) is 102 Å². The largest absolute Gasteiger partial charge is 0.492 e. The van der Waals surface area contributed by atoms with Crippen LogP contribution >= 0.6 is 0 Å². The summed E-state index contributed by atoms with van der Waals surface area (Å²) in [4.78, 5) is 45.6. The minimum absolute atomic E-state index is 0.0436. The van der Waals surface area contributed by atoms with E-state index in [1.807, 2.05) is 31.9 Å². The number of pyridine rings is 3. The van der Waals surface area contributed by atoms with Crippen molar-refractivity contribution in [2.45, 2.75) is 44.9 Å². The van der Waals surface area contributed by atoms with Gasteiger partial charge in [-0.15, -0.1) is 0 Å². The molecule has 246 valence electrons. The van der Waals surface area contributed by atoms with Crippen LogP contribution in [0.15, 0.2) is 42.7 Å². The molecule has 2 aliphatic rings. The predicted molar refractivity (Wildman–Crippen MR) is 165 cm³/mol.